The fraction of sp³-hybridized carbons (Fsp3) is 0.750. The van der Waals surface area contributed by atoms with Gasteiger partial charge in [0.15, 0.2) is 0 Å². The Morgan fingerprint density at radius 1 is 1.47 bits per heavy atom. The molecule has 0 bridgehead atoms. The third kappa shape index (κ3) is 2.40. The molecule has 0 amide bonds. The highest BCUT2D eigenvalue weighted by molar-refractivity contribution is 5.89. The predicted molar refractivity (Wildman–Crippen MR) is 58.5 cm³/mol. The Morgan fingerprint density at radius 3 is 3.13 bits per heavy atom. The van der Waals surface area contributed by atoms with E-state index in [9.17, 15) is 4.79 Å². The van der Waals surface area contributed by atoms with Gasteiger partial charge in [-0.1, -0.05) is 18.9 Å². The van der Waals surface area contributed by atoms with Crippen LogP contribution in [0.1, 0.15) is 32.1 Å². The zero-order valence-electron chi connectivity index (χ0n) is 9.37. The van der Waals surface area contributed by atoms with Gasteiger partial charge in [-0.15, -0.1) is 0 Å². The lowest BCUT2D eigenvalue weighted by molar-refractivity contribution is -0.136. The highest BCUT2D eigenvalue weighted by atomic mass is 16.5. The fourth-order valence-corrected chi connectivity index (χ4v) is 2.55. The van der Waals surface area contributed by atoms with Crippen molar-refractivity contribution < 1.29 is 9.53 Å². The first-order valence-corrected chi connectivity index (χ1v) is 5.82. The van der Waals surface area contributed by atoms with Gasteiger partial charge in [0.2, 0.25) is 0 Å². The lowest BCUT2D eigenvalue weighted by Crippen LogP contribution is -2.40. The van der Waals surface area contributed by atoms with Crippen molar-refractivity contribution in [1.29, 1.82) is 0 Å². The van der Waals surface area contributed by atoms with Crippen LogP contribution >= 0.6 is 0 Å². The molecule has 2 heterocycles. The predicted octanol–water partition coefficient (Wildman–Crippen LogP) is 1.73. The zero-order chi connectivity index (χ0) is 10.7. The molecule has 2 aliphatic heterocycles. The quantitative estimate of drug-likeness (QED) is 0.616. The van der Waals surface area contributed by atoms with Gasteiger partial charge in [0.1, 0.15) is 0 Å². The Hall–Kier alpha value is -0.830. The number of carbonyl (C=O) groups excluding carboxylic acids is 1. The topological polar surface area (TPSA) is 29.5 Å². The van der Waals surface area contributed by atoms with E-state index in [-0.39, 0.29) is 5.97 Å². The fourth-order valence-electron chi connectivity index (χ4n) is 2.55. The second kappa shape index (κ2) is 4.79. The van der Waals surface area contributed by atoms with E-state index in [1.807, 2.05) is 0 Å². The Kier molecular flexibility index (Phi) is 3.41. The highest BCUT2D eigenvalue weighted by Crippen LogP contribution is 2.25. The van der Waals surface area contributed by atoms with Crippen molar-refractivity contribution in [2.75, 3.05) is 20.2 Å². The summed E-state index contributed by atoms with van der Waals surface area (Å²) in [6.45, 7) is 1.93. The van der Waals surface area contributed by atoms with Crippen LogP contribution in [0.5, 0.6) is 0 Å². The number of carbonyl (C=O) groups is 1. The van der Waals surface area contributed by atoms with Crippen LogP contribution in [0.3, 0.4) is 0 Å². The summed E-state index contributed by atoms with van der Waals surface area (Å²) < 4.78 is 4.77. The molecule has 3 nitrogen and oxygen atoms in total. The van der Waals surface area contributed by atoms with Crippen molar-refractivity contribution >= 4 is 5.97 Å². The SMILES string of the molecule is COC(=O)C1=CCC2CCCCCN2C1. The van der Waals surface area contributed by atoms with Crippen LogP contribution < -0.4 is 0 Å². The summed E-state index contributed by atoms with van der Waals surface area (Å²) in [6.07, 6.45) is 8.31. The summed E-state index contributed by atoms with van der Waals surface area (Å²) in [5, 5.41) is 0. The first-order valence-electron chi connectivity index (χ1n) is 5.82. The van der Waals surface area contributed by atoms with E-state index in [1.165, 1.54) is 32.8 Å². The van der Waals surface area contributed by atoms with Gasteiger partial charge in [0.25, 0.3) is 0 Å². The summed E-state index contributed by atoms with van der Waals surface area (Å²) in [5.74, 6) is -0.155. The maximum absolute atomic E-state index is 11.4. The average Bonchev–Trinajstić information content (AvgIpc) is 2.51. The minimum absolute atomic E-state index is 0.155. The maximum Gasteiger partial charge on any atom is 0.334 e. The Morgan fingerprint density at radius 2 is 2.33 bits per heavy atom. The molecule has 2 aliphatic rings. The van der Waals surface area contributed by atoms with E-state index in [1.54, 1.807) is 0 Å². The van der Waals surface area contributed by atoms with E-state index < -0.39 is 0 Å². The third-order valence-electron chi connectivity index (χ3n) is 3.46. The number of nitrogens with zero attached hydrogens (tertiary/aromatic N) is 1. The van der Waals surface area contributed by atoms with Crippen LogP contribution in [-0.4, -0.2) is 37.1 Å². The van der Waals surface area contributed by atoms with Crippen LogP contribution in [-0.2, 0) is 9.53 Å². The van der Waals surface area contributed by atoms with Gasteiger partial charge in [0, 0.05) is 18.2 Å². The van der Waals surface area contributed by atoms with E-state index in [2.05, 4.69) is 11.0 Å². The molecule has 0 aromatic rings. The van der Waals surface area contributed by atoms with Gasteiger partial charge in [-0.2, -0.15) is 0 Å². The largest absolute Gasteiger partial charge is 0.466 e. The summed E-state index contributed by atoms with van der Waals surface area (Å²) in [7, 11) is 1.46. The molecule has 15 heavy (non-hydrogen) atoms. The summed E-state index contributed by atoms with van der Waals surface area (Å²) in [4.78, 5) is 13.9. The molecule has 84 valence electrons. The number of rotatable bonds is 1. The molecule has 1 saturated heterocycles. The number of esters is 1. The van der Waals surface area contributed by atoms with Gasteiger partial charge in [-0.3, -0.25) is 4.90 Å². The second-order valence-electron chi connectivity index (χ2n) is 4.43. The van der Waals surface area contributed by atoms with Crippen LogP contribution in [0, 0.1) is 0 Å². The van der Waals surface area contributed by atoms with Crippen molar-refractivity contribution in [2.45, 2.75) is 38.1 Å². The van der Waals surface area contributed by atoms with Gasteiger partial charge < -0.3 is 4.74 Å². The van der Waals surface area contributed by atoms with E-state index >= 15 is 0 Å². The van der Waals surface area contributed by atoms with Crippen molar-refractivity contribution in [3.05, 3.63) is 11.6 Å². The van der Waals surface area contributed by atoms with Crippen LogP contribution in [0.25, 0.3) is 0 Å². The molecule has 0 aromatic carbocycles. The number of ether oxygens (including phenoxy) is 1. The van der Waals surface area contributed by atoms with E-state index in [0.717, 1.165) is 25.1 Å². The molecule has 0 radical (unpaired) electrons. The molecule has 0 N–H and O–H groups in total. The van der Waals surface area contributed by atoms with Crippen molar-refractivity contribution in [3.63, 3.8) is 0 Å². The second-order valence-corrected chi connectivity index (χ2v) is 4.43. The van der Waals surface area contributed by atoms with E-state index in [0.29, 0.717) is 6.04 Å². The van der Waals surface area contributed by atoms with Crippen LogP contribution in [0.2, 0.25) is 0 Å². The minimum Gasteiger partial charge on any atom is -0.466 e. The van der Waals surface area contributed by atoms with Crippen LogP contribution in [0.15, 0.2) is 11.6 Å². The highest BCUT2D eigenvalue weighted by Gasteiger charge is 2.26. The first kappa shape index (κ1) is 10.7. The summed E-state index contributed by atoms with van der Waals surface area (Å²) in [5.41, 5.74) is 0.843. The van der Waals surface area contributed by atoms with Gasteiger partial charge in [0.05, 0.1) is 7.11 Å². The molecule has 1 atom stereocenters. The number of hydrogen-bond acceptors (Lipinski definition) is 3. The van der Waals surface area contributed by atoms with Crippen LogP contribution in [0.4, 0.5) is 0 Å². The number of fused-ring (bicyclic) bond motifs is 1. The maximum atomic E-state index is 11.4. The van der Waals surface area contributed by atoms with E-state index in [4.69, 9.17) is 4.74 Å². The third-order valence-corrected chi connectivity index (χ3v) is 3.46. The first-order chi connectivity index (χ1) is 7.31. The number of hydrogen-bond donors (Lipinski definition) is 0. The van der Waals surface area contributed by atoms with Gasteiger partial charge in [-0.25, -0.2) is 4.79 Å². The summed E-state index contributed by atoms with van der Waals surface area (Å²) in [6, 6.07) is 0.668. The molecule has 0 aliphatic carbocycles. The monoisotopic (exact) mass is 209 g/mol. The van der Waals surface area contributed by atoms with Crippen molar-refractivity contribution in [3.8, 4) is 0 Å². The standard InChI is InChI=1S/C12H19NO2/c1-15-12(14)10-6-7-11-5-3-2-4-8-13(11)9-10/h6,11H,2-5,7-9H2,1H3. The molecule has 3 heteroatoms. The minimum atomic E-state index is -0.155. The molecule has 1 unspecified atom stereocenters. The average molecular weight is 209 g/mol. The molecule has 0 aromatic heterocycles. The molecule has 1 fully saturated rings. The molecular formula is C12H19NO2. The lowest BCUT2D eigenvalue weighted by Gasteiger charge is -2.33. The molecular weight excluding hydrogens is 190 g/mol. The zero-order valence-corrected chi connectivity index (χ0v) is 9.37. The lowest BCUT2D eigenvalue weighted by atomic mass is 10.00. The van der Waals surface area contributed by atoms with Gasteiger partial charge >= 0.3 is 5.97 Å². The van der Waals surface area contributed by atoms with Gasteiger partial charge in [-0.05, 0) is 25.8 Å². The molecule has 2 rings (SSSR count). The Bertz CT molecular complexity index is 273. The molecule has 0 spiro atoms. The number of methoxy groups -OCH3 is 1. The molecule has 0 saturated carbocycles. The normalized spacial score (nSPS) is 27.5. The van der Waals surface area contributed by atoms with Crippen molar-refractivity contribution in [1.82, 2.24) is 4.90 Å². The Labute approximate surface area is 91.1 Å². The van der Waals surface area contributed by atoms with Crippen molar-refractivity contribution in [2.24, 2.45) is 0 Å². The smallest absolute Gasteiger partial charge is 0.334 e. The summed E-state index contributed by atoms with van der Waals surface area (Å²) >= 11 is 0. The Balaban J connectivity index is 2.03.